The highest BCUT2D eigenvalue weighted by Gasteiger charge is 2.35. The van der Waals surface area contributed by atoms with Crippen LogP contribution in [-0.2, 0) is 11.2 Å². The van der Waals surface area contributed by atoms with Crippen LogP contribution in [0.5, 0.6) is 34.5 Å². The first-order valence-corrected chi connectivity index (χ1v) is 15.0. The lowest BCUT2D eigenvalue weighted by molar-refractivity contribution is -0.134. The van der Waals surface area contributed by atoms with Gasteiger partial charge in [-0.15, -0.1) is 0 Å². The van der Waals surface area contributed by atoms with Crippen molar-refractivity contribution in [3.63, 3.8) is 0 Å². The summed E-state index contributed by atoms with van der Waals surface area (Å²) in [7, 11) is 9.91. The van der Waals surface area contributed by atoms with Crippen LogP contribution in [0.15, 0.2) is 24.3 Å². The van der Waals surface area contributed by atoms with Crippen molar-refractivity contribution in [1.82, 2.24) is 0 Å². The van der Waals surface area contributed by atoms with Crippen molar-refractivity contribution in [1.29, 1.82) is 0 Å². The highest BCUT2D eigenvalue weighted by Crippen LogP contribution is 2.48. The van der Waals surface area contributed by atoms with E-state index in [2.05, 4.69) is 0 Å². The van der Waals surface area contributed by atoms with Gasteiger partial charge in [0.15, 0.2) is 28.8 Å². The molecule has 0 aromatic heterocycles. The van der Waals surface area contributed by atoms with Gasteiger partial charge in [-0.05, 0) is 43.4 Å². The molecule has 0 amide bonds. The second-order valence-electron chi connectivity index (χ2n) is 9.13. The summed E-state index contributed by atoms with van der Waals surface area (Å²) in [5.74, 6) is 2.62. The van der Waals surface area contributed by atoms with E-state index >= 15 is 0 Å². The average Bonchev–Trinajstić information content (AvgIpc) is 3.45. The van der Waals surface area contributed by atoms with Crippen LogP contribution in [0.4, 0.5) is 0 Å². The maximum absolute atomic E-state index is 13.5. The minimum Gasteiger partial charge on any atom is -0.493 e. The minimum atomic E-state index is -0.460. The zero-order chi connectivity index (χ0) is 27.1. The number of carbonyl (C=O) groups excluding carboxylic acids is 2. The molecule has 2 aliphatic heterocycles. The lowest BCUT2D eigenvalue weighted by Crippen LogP contribution is -2.30. The van der Waals surface area contributed by atoms with Crippen molar-refractivity contribution in [2.24, 2.45) is 5.92 Å². The number of ether oxygens (including phenoxy) is 6. The van der Waals surface area contributed by atoms with Gasteiger partial charge in [-0.2, -0.15) is 0 Å². The molecular formula is C28H34O8S2. The Morgan fingerprint density at radius 1 is 0.974 bits per heavy atom. The quantitative estimate of drug-likeness (QED) is 0.137. The topological polar surface area (TPSA) is 89.5 Å². The standard InChI is InChI=1S/C28H34O8S2/c1-31-20-10-9-17(14-21(20)36-24(29)8-6-5-7-19-11-12-37-38-19)13-18-16-35-22-15-23(32-2)27(33-3)28(34-4)25(22)26(18)30/h9-10,14-15,18-19H,5-8,11-13,16H2,1-4H3. The number of unbranched alkanes of at least 4 members (excludes halogenated alkanes) is 1. The first-order chi connectivity index (χ1) is 18.5. The Morgan fingerprint density at radius 2 is 1.76 bits per heavy atom. The van der Waals surface area contributed by atoms with Crippen LogP contribution in [0.1, 0.15) is 48.0 Å². The van der Waals surface area contributed by atoms with E-state index in [1.54, 1.807) is 18.2 Å². The average molecular weight is 563 g/mol. The van der Waals surface area contributed by atoms with Crippen LogP contribution in [-0.4, -0.2) is 57.8 Å². The Bertz CT molecular complexity index is 1150. The van der Waals surface area contributed by atoms with E-state index in [1.165, 1.54) is 40.6 Å². The molecule has 1 saturated heterocycles. The number of hydrogen-bond acceptors (Lipinski definition) is 10. The number of methoxy groups -OCH3 is 4. The molecule has 0 saturated carbocycles. The third kappa shape index (κ3) is 6.46. The van der Waals surface area contributed by atoms with Gasteiger partial charge in [0.05, 0.1) is 41.0 Å². The highest BCUT2D eigenvalue weighted by molar-refractivity contribution is 8.77. The summed E-state index contributed by atoms with van der Waals surface area (Å²) in [6, 6.07) is 7.02. The van der Waals surface area contributed by atoms with Gasteiger partial charge in [0.2, 0.25) is 5.75 Å². The molecule has 38 heavy (non-hydrogen) atoms. The molecule has 0 spiro atoms. The van der Waals surface area contributed by atoms with Crippen molar-refractivity contribution < 1.29 is 38.0 Å². The van der Waals surface area contributed by atoms with Gasteiger partial charge in [-0.1, -0.05) is 34.1 Å². The van der Waals surface area contributed by atoms with Crippen LogP contribution in [0.25, 0.3) is 0 Å². The molecule has 10 heteroatoms. The van der Waals surface area contributed by atoms with Crippen molar-refractivity contribution in [3.05, 3.63) is 35.4 Å². The molecule has 1 fully saturated rings. The van der Waals surface area contributed by atoms with Crippen molar-refractivity contribution in [2.45, 2.75) is 43.8 Å². The summed E-state index contributed by atoms with van der Waals surface area (Å²) in [6.45, 7) is 0.198. The van der Waals surface area contributed by atoms with Crippen LogP contribution >= 0.6 is 21.6 Å². The third-order valence-electron chi connectivity index (χ3n) is 6.67. The normalized spacial score (nSPS) is 18.4. The van der Waals surface area contributed by atoms with E-state index in [9.17, 15) is 9.59 Å². The van der Waals surface area contributed by atoms with Gasteiger partial charge in [-0.3, -0.25) is 9.59 Å². The molecule has 2 aromatic rings. The van der Waals surface area contributed by atoms with E-state index in [4.69, 9.17) is 28.4 Å². The number of benzene rings is 2. The van der Waals surface area contributed by atoms with E-state index in [0.717, 1.165) is 24.8 Å². The van der Waals surface area contributed by atoms with Crippen molar-refractivity contribution in [2.75, 3.05) is 40.8 Å². The van der Waals surface area contributed by atoms with Gasteiger partial charge in [0.1, 0.15) is 11.3 Å². The first kappa shape index (κ1) is 28.3. The summed E-state index contributed by atoms with van der Waals surface area (Å²) in [5.41, 5.74) is 1.16. The van der Waals surface area contributed by atoms with Crippen molar-refractivity contribution in [3.8, 4) is 34.5 Å². The van der Waals surface area contributed by atoms with E-state index in [0.29, 0.717) is 52.4 Å². The second-order valence-corrected chi connectivity index (χ2v) is 11.9. The Hall–Kier alpha value is -2.72. The first-order valence-electron chi connectivity index (χ1n) is 12.6. The Labute approximate surface area is 231 Å². The molecular weight excluding hydrogens is 528 g/mol. The molecule has 0 radical (unpaired) electrons. The Balaban J connectivity index is 1.43. The van der Waals surface area contributed by atoms with Crippen LogP contribution < -0.4 is 28.4 Å². The van der Waals surface area contributed by atoms with Crippen LogP contribution in [0, 0.1) is 5.92 Å². The predicted molar refractivity (Wildman–Crippen MR) is 149 cm³/mol. The SMILES string of the molecule is COc1ccc(CC2COc3cc(OC)c(OC)c(OC)c3C2=O)cc1OC(=O)CCCCC1CCSS1. The van der Waals surface area contributed by atoms with Crippen LogP contribution in [0.2, 0.25) is 0 Å². The minimum absolute atomic E-state index is 0.114. The summed E-state index contributed by atoms with van der Waals surface area (Å²) in [4.78, 5) is 26.1. The summed E-state index contributed by atoms with van der Waals surface area (Å²) < 4.78 is 33.4. The van der Waals surface area contributed by atoms with Gasteiger partial charge in [0, 0.05) is 23.5 Å². The lowest BCUT2D eigenvalue weighted by atomic mass is 9.88. The fourth-order valence-corrected chi connectivity index (χ4v) is 7.72. The summed E-state index contributed by atoms with van der Waals surface area (Å²) in [6.07, 6.45) is 4.93. The molecule has 8 nitrogen and oxygen atoms in total. The Kier molecular flexibility index (Phi) is 9.96. The fraction of sp³-hybridized carbons (Fsp3) is 0.500. The molecule has 2 aliphatic rings. The number of rotatable bonds is 12. The molecule has 0 bridgehead atoms. The van der Waals surface area contributed by atoms with Gasteiger partial charge in [-0.25, -0.2) is 0 Å². The summed E-state index contributed by atoms with van der Waals surface area (Å²) >= 11 is 0. The monoisotopic (exact) mass is 562 g/mol. The number of ketones is 1. The van der Waals surface area contributed by atoms with Gasteiger partial charge < -0.3 is 28.4 Å². The molecule has 0 N–H and O–H groups in total. The van der Waals surface area contributed by atoms with Crippen molar-refractivity contribution >= 4 is 33.3 Å². The second kappa shape index (κ2) is 13.4. The van der Waals surface area contributed by atoms with E-state index in [1.807, 2.05) is 27.7 Å². The zero-order valence-electron chi connectivity index (χ0n) is 22.2. The smallest absolute Gasteiger partial charge is 0.311 e. The molecule has 206 valence electrons. The molecule has 0 aliphatic carbocycles. The third-order valence-corrected chi connectivity index (χ3v) is 9.68. The fourth-order valence-electron chi connectivity index (χ4n) is 4.69. The van der Waals surface area contributed by atoms with Crippen LogP contribution in [0.3, 0.4) is 0 Å². The maximum atomic E-state index is 13.5. The predicted octanol–water partition coefficient (Wildman–Crippen LogP) is 5.77. The van der Waals surface area contributed by atoms with E-state index in [-0.39, 0.29) is 24.1 Å². The molecule has 2 unspecified atom stereocenters. The summed E-state index contributed by atoms with van der Waals surface area (Å²) in [5, 5.41) is 0.703. The molecule has 2 aromatic carbocycles. The lowest BCUT2D eigenvalue weighted by Gasteiger charge is -2.27. The zero-order valence-corrected chi connectivity index (χ0v) is 23.8. The number of Topliss-reactive ketones (excluding diaryl/α,β-unsaturated/α-hetero) is 1. The van der Waals surface area contributed by atoms with E-state index < -0.39 is 5.92 Å². The highest BCUT2D eigenvalue weighted by atomic mass is 33.1. The molecule has 2 atom stereocenters. The number of carbonyl (C=O) groups is 2. The van der Waals surface area contributed by atoms with Gasteiger partial charge >= 0.3 is 5.97 Å². The largest absolute Gasteiger partial charge is 0.493 e. The molecule has 2 heterocycles. The number of hydrogen-bond donors (Lipinski definition) is 0. The maximum Gasteiger partial charge on any atom is 0.311 e. The number of fused-ring (bicyclic) bond motifs is 1. The molecule has 4 rings (SSSR count). The Morgan fingerprint density at radius 3 is 2.45 bits per heavy atom. The van der Waals surface area contributed by atoms with Gasteiger partial charge in [0.25, 0.3) is 0 Å². The number of esters is 1.